The van der Waals surface area contributed by atoms with Crippen molar-refractivity contribution >= 4 is 16.7 Å². The second-order valence-corrected chi connectivity index (χ2v) is 2.86. The maximum absolute atomic E-state index is 11.1. The summed E-state index contributed by atoms with van der Waals surface area (Å²) in [5.41, 5.74) is 5.80. The predicted octanol–water partition coefficient (Wildman–Crippen LogP) is 1.25. The number of hydrogen-bond donors (Lipinski definition) is 1. The van der Waals surface area contributed by atoms with Crippen LogP contribution in [0, 0.1) is 11.3 Å². The van der Waals surface area contributed by atoms with Crippen LogP contribution < -0.4 is 11.4 Å². The molecule has 0 fully saturated rings. The molecule has 0 aliphatic heterocycles. The molecule has 4 heteroatoms. The fourth-order valence-corrected chi connectivity index (χ4v) is 1.21. The first-order valence-corrected chi connectivity index (χ1v) is 3.94. The van der Waals surface area contributed by atoms with Gasteiger partial charge in [0.25, 0.3) is 0 Å². The van der Waals surface area contributed by atoms with Crippen molar-refractivity contribution < 1.29 is 4.42 Å². The van der Waals surface area contributed by atoms with Crippen molar-refractivity contribution in [2.75, 3.05) is 5.73 Å². The van der Waals surface area contributed by atoms with Gasteiger partial charge >= 0.3 is 5.63 Å². The summed E-state index contributed by atoms with van der Waals surface area (Å²) in [6, 6.07) is 8.19. The van der Waals surface area contributed by atoms with E-state index in [1.165, 1.54) is 6.07 Å². The highest BCUT2D eigenvalue weighted by Gasteiger charge is 2.03. The zero-order valence-electron chi connectivity index (χ0n) is 7.15. The largest absolute Gasteiger partial charge is 0.422 e. The first-order valence-electron chi connectivity index (χ1n) is 3.94. The summed E-state index contributed by atoms with van der Waals surface area (Å²) in [6.45, 7) is 0. The zero-order chi connectivity index (χ0) is 10.1. The minimum Gasteiger partial charge on any atom is -0.422 e. The minimum absolute atomic E-state index is 0.00210. The molecule has 0 saturated carbocycles. The monoisotopic (exact) mass is 186 g/mol. The van der Waals surface area contributed by atoms with Gasteiger partial charge < -0.3 is 10.2 Å². The van der Waals surface area contributed by atoms with E-state index in [0.29, 0.717) is 16.7 Å². The lowest BCUT2D eigenvalue weighted by Crippen LogP contribution is -2.03. The Hall–Kier alpha value is -2.28. The third-order valence-corrected chi connectivity index (χ3v) is 1.88. The van der Waals surface area contributed by atoms with Crippen LogP contribution in [0.2, 0.25) is 0 Å². The number of anilines is 1. The van der Waals surface area contributed by atoms with Crippen molar-refractivity contribution in [1.29, 1.82) is 5.26 Å². The molecule has 0 aliphatic carbocycles. The van der Waals surface area contributed by atoms with E-state index in [4.69, 9.17) is 15.4 Å². The Labute approximate surface area is 79.2 Å². The summed E-state index contributed by atoms with van der Waals surface area (Å²) >= 11 is 0. The Balaban J connectivity index is 2.88. The molecule has 2 rings (SSSR count). The Morgan fingerprint density at radius 1 is 1.36 bits per heavy atom. The number of benzene rings is 1. The normalized spacial score (nSPS) is 9.93. The van der Waals surface area contributed by atoms with Crippen LogP contribution in [0.1, 0.15) is 5.56 Å². The fourth-order valence-electron chi connectivity index (χ4n) is 1.21. The molecular weight excluding hydrogens is 180 g/mol. The van der Waals surface area contributed by atoms with Gasteiger partial charge in [0.2, 0.25) is 0 Å². The molecule has 68 valence electrons. The lowest BCUT2D eigenvalue weighted by molar-refractivity contribution is 0.559. The van der Waals surface area contributed by atoms with Crippen LogP contribution >= 0.6 is 0 Å². The molecule has 2 aromatic rings. The Morgan fingerprint density at radius 3 is 2.86 bits per heavy atom. The van der Waals surface area contributed by atoms with Crippen LogP contribution in [0.25, 0.3) is 11.0 Å². The van der Waals surface area contributed by atoms with Gasteiger partial charge in [-0.1, -0.05) is 0 Å². The van der Waals surface area contributed by atoms with Crippen LogP contribution in [0.3, 0.4) is 0 Å². The average Bonchev–Trinajstić information content (AvgIpc) is 2.16. The number of fused-ring (bicyclic) bond motifs is 1. The highest BCUT2D eigenvalue weighted by Crippen LogP contribution is 2.16. The molecule has 0 unspecified atom stereocenters. The van der Waals surface area contributed by atoms with Gasteiger partial charge in [-0.2, -0.15) is 5.26 Å². The van der Waals surface area contributed by atoms with Crippen LogP contribution in [0.4, 0.5) is 5.69 Å². The van der Waals surface area contributed by atoms with Crippen LogP contribution in [-0.4, -0.2) is 0 Å². The van der Waals surface area contributed by atoms with Gasteiger partial charge in [-0.15, -0.1) is 0 Å². The molecule has 0 saturated heterocycles. The molecule has 1 aromatic heterocycles. The molecule has 2 N–H and O–H groups in total. The van der Waals surface area contributed by atoms with E-state index >= 15 is 0 Å². The summed E-state index contributed by atoms with van der Waals surface area (Å²) < 4.78 is 4.91. The van der Waals surface area contributed by atoms with Crippen molar-refractivity contribution in [3.63, 3.8) is 0 Å². The van der Waals surface area contributed by atoms with Gasteiger partial charge in [-0.05, 0) is 18.2 Å². The maximum Gasteiger partial charge on any atom is 0.354 e. The van der Waals surface area contributed by atoms with Crippen molar-refractivity contribution in [2.24, 2.45) is 0 Å². The van der Waals surface area contributed by atoms with Crippen molar-refractivity contribution in [3.8, 4) is 6.07 Å². The highest BCUT2D eigenvalue weighted by molar-refractivity contribution is 5.80. The number of nitrogens with zero attached hydrogens (tertiary/aromatic N) is 1. The average molecular weight is 186 g/mol. The number of rotatable bonds is 0. The molecule has 0 amide bonds. The number of nitrogen functional groups attached to an aromatic ring is 1. The highest BCUT2D eigenvalue weighted by atomic mass is 16.4. The Morgan fingerprint density at radius 2 is 2.14 bits per heavy atom. The maximum atomic E-state index is 11.1. The first kappa shape index (κ1) is 8.32. The van der Waals surface area contributed by atoms with Crippen molar-refractivity contribution in [2.45, 2.75) is 0 Å². The van der Waals surface area contributed by atoms with Crippen LogP contribution in [-0.2, 0) is 0 Å². The number of nitriles is 1. The smallest absolute Gasteiger partial charge is 0.354 e. The summed E-state index contributed by atoms with van der Waals surface area (Å²) in [4.78, 5) is 11.1. The van der Waals surface area contributed by atoms with Gasteiger partial charge in [0.15, 0.2) is 0 Å². The molecule has 0 atom stereocenters. The molecular formula is C10H6N2O2. The minimum atomic E-state index is -0.634. The molecule has 0 spiro atoms. The third-order valence-electron chi connectivity index (χ3n) is 1.88. The summed E-state index contributed by atoms with van der Waals surface area (Å²) in [7, 11) is 0. The van der Waals surface area contributed by atoms with Crippen molar-refractivity contribution in [3.05, 3.63) is 40.2 Å². The lowest BCUT2D eigenvalue weighted by atomic mass is 10.2. The van der Waals surface area contributed by atoms with Crippen molar-refractivity contribution in [1.82, 2.24) is 0 Å². The molecule has 4 nitrogen and oxygen atoms in total. The second kappa shape index (κ2) is 2.89. The SMILES string of the molecule is N#Cc1cc2ccc(N)cc2oc1=O. The van der Waals surface area contributed by atoms with Gasteiger partial charge in [0, 0.05) is 17.1 Å². The standard InChI is InChI=1S/C10H6N2O2/c11-5-7-3-6-1-2-8(12)4-9(6)14-10(7)13/h1-4H,12H2. The van der Waals surface area contributed by atoms with E-state index in [1.807, 2.05) is 0 Å². The number of hydrogen-bond acceptors (Lipinski definition) is 4. The number of nitrogens with two attached hydrogens (primary N) is 1. The molecule has 1 heterocycles. The van der Waals surface area contributed by atoms with Gasteiger partial charge in [0.1, 0.15) is 17.2 Å². The second-order valence-electron chi connectivity index (χ2n) is 2.86. The van der Waals surface area contributed by atoms with E-state index < -0.39 is 5.63 Å². The lowest BCUT2D eigenvalue weighted by Gasteiger charge is -1.97. The van der Waals surface area contributed by atoms with Gasteiger partial charge in [0.05, 0.1) is 0 Å². The van der Waals surface area contributed by atoms with Crippen LogP contribution in [0.15, 0.2) is 33.5 Å². The van der Waals surface area contributed by atoms with E-state index in [2.05, 4.69) is 0 Å². The fraction of sp³-hybridized carbons (Fsp3) is 0. The topological polar surface area (TPSA) is 80.0 Å². The summed E-state index contributed by atoms with van der Waals surface area (Å²) in [6.07, 6.45) is 0. The molecule has 14 heavy (non-hydrogen) atoms. The molecule has 0 aliphatic rings. The van der Waals surface area contributed by atoms with E-state index in [1.54, 1.807) is 24.3 Å². The first-order chi connectivity index (χ1) is 6.70. The molecule has 1 aromatic carbocycles. The Kier molecular flexibility index (Phi) is 1.72. The molecule has 0 bridgehead atoms. The quantitative estimate of drug-likeness (QED) is 0.496. The summed E-state index contributed by atoms with van der Waals surface area (Å²) in [5, 5.41) is 9.29. The van der Waals surface area contributed by atoms with E-state index in [0.717, 1.165) is 0 Å². The predicted molar refractivity (Wildman–Crippen MR) is 51.6 cm³/mol. The Bertz CT molecular complexity index is 593. The van der Waals surface area contributed by atoms with Crippen LogP contribution in [0.5, 0.6) is 0 Å². The van der Waals surface area contributed by atoms with E-state index in [9.17, 15) is 4.79 Å². The zero-order valence-corrected chi connectivity index (χ0v) is 7.15. The summed E-state index contributed by atoms with van der Waals surface area (Å²) in [5.74, 6) is 0. The van der Waals surface area contributed by atoms with E-state index in [-0.39, 0.29) is 5.56 Å². The molecule has 0 radical (unpaired) electrons. The van der Waals surface area contributed by atoms with Gasteiger partial charge in [-0.25, -0.2) is 4.79 Å². The van der Waals surface area contributed by atoms with Gasteiger partial charge in [-0.3, -0.25) is 0 Å². The third kappa shape index (κ3) is 1.21.